The molecular weight excluding hydrogens is 542 g/mol. The molecule has 38 heavy (non-hydrogen) atoms. The lowest BCUT2D eigenvalue weighted by Gasteiger charge is -2.22. The van der Waals surface area contributed by atoms with E-state index in [9.17, 15) is 9.13 Å². The molecule has 15 heteroatoms. The van der Waals surface area contributed by atoms with Gasteiger partial charge in [-0.1, -0.05) is 0 Å². The second kappa shape index (κ2) is 17.4. The SMILES string of the molecule is COc1nc(OCCOCP(=O)(OC(C)C)OC(C)C)cc(OCCOCP(=O)(OC(C)C)OC(C)C)n1. The van der Waals surface area contributed by atoms with Gasteiger partial charge in [-0.2, -0.15) is 9.97 Å². The molecule has 222 valence electrons. The Morgan fingerprint density at radius 2 is 0.974 bits per heavy atom. The molecule has 0 N–H and O–H groups in total. The summed E-state index contributed by atoms with van der Waals surface area (Å²) in [4.78, 5) is 8.22. The summed E-state index contributed by atoms with van der Waals surface area (Å²) in [5, 5.41) is 0. The number of aromatic nitrogens is 2. The molecule has 0 bridgehead atoms. The largest absolute Gasteiger partial charge is 0.475 e. The normalized spacial score (nSPS) is 12.7. The van der Waals surface area contributed by atoms with Crippen LogP contribution in [0.4, 0.5) is 0 Å². The highest BCUT2D eigenvalue weighted by molar-refractivity contribution is 7.53. The molecule has 0 aliphatic heterocycles. The average molecular weight is 587 g/mol. The average Bonchev–Trinajstić information content (AvgIpc) is 2.76. The van der Waals surface area contributed by atoms with Crippen LogP contribution in [0.3, 0.4) is 0 Å². The molecule has 0 aliphatic rings. The minimum absolute atomic E-state index is 0.0414. The maximum absolute atomic E-state index is 12.8. The maximum atomic E-state index is 12.8. The first-order valence-corrected chi connectivity index (χ1v) is 16.0. The summed E-state index contributed by atoms with van der Waals surface area (Å²) in [6.07, 6.45) is -1.51. The Balaban J connectivity index is 2.55. The van der Waals surface area contributed by atoms with E-state index in [-0.39, 0.29) is 81.3 Å². The van der Waals surface area contributed by atoms with Crippen molar-refractivity contribution in [1.82, 2.24) is 9.97 Å². The van der Waals surface area contributed by atoms with Crippen LogP contribution in [0.1, 0.15) is 55.4 Å². The van der Waals surface area contributed by atoms with Gasteiger partial charge < -0.3 is 41.8 Å². The highest BCUT2D eigenvalue weighted by Crippen LogP contribution is 2.51. The van der Waals surface area contributed by atoms with Crippen LogP contribution in [0.5, 0.6) is 17.8 Å². The van der Waals surface area contributed by atoms with Gasteiger partial charge in [-0.05, 0) is 55.4 Å². The molecule has 0 aliphatic carbocycles. The lowest BCUT2D eigenvalue weighted by Crippen LogP contribution is -2.15. The molecule has 1 aromatic rings. The van der Waals surface area contributed by atoms with Gasteiger partial charge in [0.15, 0.2) is 0 Å². The van der Waals surface area contributed by atoms with Crippen LogP contribution in [-0.4, -0.2) is 80.6 Å². The highest BCUT2D eigenvalue weighted by Gasteiger charge is 2.29. The summed E-state index contributed by atoms with van der Waals surface area (Å²) < 4.78 is 74.6. The quantitative estimate of drug-likeness (QED) is 0.136. The molecule has 1 rings (SSSR count). The fourth-order valence-electron chi connectivity index (χ4n) is 2.84. The summed E-state index contributed by atoms with van der Waals surface area (Å²) in [6.45, 7) is 14.6. The number of nitrogens with zero attached hydrogens (tertiary/aromatic N) is 2. The van der Waals surface area contributed by atoms with Gasteiger partial charge in [0, 0.05) is 0 Å². The van der Waals surface area contributed by atoms with Gasteiger partial charge in [0.2, 0.25) is 11.8 Å². The van der Waals surface area contributed by atoms with E-state index in [4.69, 9.17) is 41.8 Å². The molecule has 0 radical (unpaired) electrons. The Kier molecular flexibility index (Phi) is 15.9. The summed E-state index contributed by atoms with van der Waals surface area (Å²) in [7, 11) is -5.38. The molecule has 1 heterocycles. The number of hydrogen-bond acceptors (Lipinski definition) is 13. The van der Waals surface area contributed by atoms with E-state index in [1.807, 2.05) is 0 Å². The topological polar surface area (TPSA) is 143 Å². The van der Waals surface area contributed by atoms with E-state index in [1.54, 1.807) is 55.4 Å². The molecule has 0 spiro atoms. The Labute approximate surface area is 226 Å². The van der Waals surface area contributed by atoms with Gasteiger partial charge in [0.05, 0.1) is 50.8 Å². The van der Waals surface area contributed by atoms with Crippen molar-refractivity contribution in [2.75, 3.05) is 46.2 Å². The van der Waals surface area contributed by atoms with E-state index in [0.717, 1.165) is 0 Å². The predicted octanol–water partition coefficient (Wildman–Crippen LogP) is 5.28. The van der Waals surface area contributed by atoms with Crippen molar-refractivity contribution in [2.24, 2.45) is 0 Å². The maximum Gasteiger partial charge on any atom is 0.356 e. The molecule has 0 saturated heterocycles. The summed E-state index contributed by atoms with van der Waals surface area (Å²) in [5.74, 6) is 0.383. The van der Waals surface area contributed by atoms with Crippen molar-refractivity contribution < 1.29 is 50.9 Å². The zero-order chi connectivity index (χ0) is 28.8. The lowest BCUT2D eigenvalue weighted by atomic mass is 10.5. The van der Waals surface area contributed by atoms with Crippen LogP contribution >= 0.6 is 15.2 Å². The predicted molar refractivity (Wildman–Crippen MR) is 141 cm³/mol. The monoisotopic (exact) mass is 586 g/mol. The lowest BCUT2D eigenvalue weighted by molar-refractivity contribution is 0.0830. The van der Waals surface area contributed by atoms with Crippen molar-refractivity contribution >= 4 is 15.2 Å². The van der Waals surface area contributed by atoms with Gasteiger partial charge in [0.25, 0.3) is 0 Å². The van der Waals surface area contributed by atoms with Crippen LogP contribution in [0.25, 0.3) is 0 Å². The first kappa shape index (κ1) is 34.7. The van der Waals surface area contributed by atoms with Crippen molar-refractivity contribution in [3.63, 3.8) is 0 Å². The van der Waals surface area contributed by atoms with Gasteiger partial charge in [-0.15, -0.1) is 0 Å². The molecule has 0 atom stereocenters. The number of hydrogen-bond donors (Lipinski definition) is 0. The van der Waals surface area contributed by atoms with Crippen LogP contribution in [0.15, 0.2) is 6.07 Å². The molecule has 1 aromatic heterocycles. The molecular formula is C23H44N2O11P2. The standard InChI is InChI=1S/C23H44N2O11P2/c1-17(2)33-37(26,34-18(3)4)15-29-10-12-31-21-14-22(25-23(24-21)28-9)32-13-11-30-16-38(27,35-19(5)6)36-20(7)8/h14,17-20H,10-13,15-16H2,1-9H3. The zero-order valence-corrected chi connectivity index (χ0v) is 25.7. The number of methoxy groups -OCH3 is 1. The van der Waals surface area contributed by atoms with E-state index in [0.29, 0.717) is 0 Å². The van der Waals surface area contributed by atoms with E-state index in [2.05, 4.69) is 9.97 Å². The molecule has 0 aromatic carbocycles. The number of ether oxygens (including phenoxy) is 5. The van der Waals surface area contributed by atoms with Crippen LogP contribution < -0.4 is 14.2 Å². The van der Waals surface area contributed by atoms with Crippen molar-refractivity contribution in [1.29, 1.82) is 0 Å². The Bertz CT molecular complexity index is 806. The van der Waals surface area contributed by atoms with E-state index < -0.39 is 15.2 Å². The van der Waals surface area contributed by atoms with Crippen molar-refractivity contribution in [3.05, 3.63) is 6.07 Å². The van der Waals surface area contributed by atoms with Gasteiger partial charge in [0.1, 0.15) is 25.9 Å². The molecule has 0 saturated carbocycles. The van der Waals surface area contributed by atoms with Gasteiger partial charge >= 0.3 is 21.2 Å². The van der Waals surface area contributed by atoms with Crippen LogP contribution in [0, 0.1) is 0 Å². The molecule has 0 unspecified atom stereocenters. The smallest absolute Gasteiger partial charge is 0.356 e. The fourth-order valence-corrected chi connectivity index (χ4v) is 6.46. The van der Waals surface area contributed by atoms with Gasteiger partial charge in [-0.3, -0.25) is 9.13 Å². The summed E-state index contributed by atoms with van der Waals surface area (Å²) in [5.41, 5.74) is 0. The minimum Gasteiger partial charge on any atom is -0.475 e. The molecule has 0 fully saturated rings. The van der Waals surface area contributed by atoms with Gasteiger partial charge in [-0.25, -0.2) is 0 Å². The zero-order valence-electron chi connectivity index (χ0n) is 23.9. The third kappa shape index (κ3) is 15.3. The third-order valence-corrected chi connectivity index (χ3v) is 7.75. The first-order valence-electron chi connectivity index (χ1n) is 12.5. The van der Waals surface area contributed by atoms with E-state index >= 15 is 0 Å². The molecule has 0 amide bonds. The fraction of sp³-hybridized carbons (Fsp3) is 0.826. The minimum atomic E-state index is -3.40. The van der Waals surface area contributed by atoms with Crippen molar-refractivity contribution in [3.8, 4) is 17.8 Å². The second-order valence-corrected chi connectivity index (χ2v) is 12.9. The summed E-state index contributed by atoms with van der Waals surface area (Å²) in [6, 6.07) is 1.52. The third-order valence-electron chi connectivity index (χ3n) is 3.78. The highest BCUT2D eigenvalue weighted by atomic mass is 31.2. The van der Waals surface area contributed by atoms with Crippen molar-refractivity contribution in [2.45, 2.75) is 79.8 Å². The second-order valence-electron chi connectivity index (χ2n) is 9.14. The Morgan fingerprint density at radius 1 is 0.632 bits per heavy atom. The van der Waals surface area contributed by atoms with Crippen LogP contribution in [-0.2, 0) is 36.7 Å². The van der Waals surface area contributed by atoms with Crippen LogP contribution in [0.2, 0.25) is 0 Å². The molecule has 13 nitrogen and oxygen atoms in total. The van der Waals surface area contributed by atoms with E-state index in [1.165, 1.54) is 13.2 Å². The summed E-state index contributed by atoms with van der Waals surface area (Å²) >= 11 is 0. The number of rotatable bonds is 21. The Morgan fingerprint density at radius 3 is 1.26 bits per heavy atom. The Hall–Kier alpha value is -1.30. The first-order chi connectivity index (χ1) is 17.8.